The number of anilines is 1. The number of nitrogens with zero attached hydrogens (tertiary/aromatic N) is 2. The molecule has 0 radical (unpaired) electrons. The summed E-state index contributed by atoms with van der Waals surface area (Å²) in [5.41, 5.74) is -1.81. The van der Waals surface area contributed by atoms with Gasteiger partial charge in [0.2, 0.25) is 0 Å². The van der Waals surface area contributed by atoms with Crippen LogP contribution in [0.2, 0.25) is 0 Å². The summed E-state index contributed by atoms with van der Waals surface area (Å²) in [5, 5.41) is 21.6. The molecule has 1 heterocycles. The van der Waals surface area contributed by atoms with Crippen molar-refractivity contribution in [3.63, 3.8) is 0 Å². The lowest BCUT2D eigenvalue weighted by Gasteiger charge is -2.34. The minimum Gasteiger partial charge on any atom is -0.465 e. The second kappa shape index (κ2) is 6.31. The van der Waals surface area contributed by atoms with Crippen molar-refractivity contribution in [3.8, 4) is 0 Å². The number of benzene rings is 1. The van der Waals surface area contributed by atoms with Crippen LogP contribution in [-0.2, 0) is 6.18 Å². The highest BCUT2D eigenvalue weighted by Crippen LogP contribution is 2.39. The summed E-state index contributed by atoms with van der Waals surface area (Å²) in [6, 6.07) is 2.34. The predicted octanol–water partition coefficient (Wildman–Crippen LogP) is 2.85. The van der Waals surface area contributed by atoms with Crippen LogP contribution in [0.3, 0.4) is 0 Å². The van der Waals surface area contributed by atoms with E-state index in [9.17, 15) is 28.1 Å². The van der Waals surface area contributed by atoms with Crippen molar-refractivity contribution >= 4 is 17.5 Å². The van der Waals surface area contributed by atoms with E-state index in [2.05, 4.69) is 5.32 Å². The number of hydrogen-bond acceptors (Lipinski definition) is 4. The summed E-state index contributed by atoms with van der Waals surface area (Å²) in [6.45, 7) is 0.456. The molecule has 7 nitrogen and oxygen atoms in total. The molecule has 1 amide bonds. The Kier molecular flexibility index (Phi) is 4.62. The van der Waals surface area contributed by atoms with Crippen molar-refractivity contribution in [1.82, 2.24) is 5.32 Å². The van der Waals surface area contributed by atoms with E-state index in [4.69, 9.17) is 5.11 Å². The molecular formula is C13H14F3N3O4. The summed E-state index contributed by atoms with van der Waals surface area (Å²) in [4.78, 5) is 21.8. The van der Waals surface area contributed by atoms with E-state index in [1.54, 1.807) is 0 Å². The number of alkyl halides is 3. The minimum absolute atomic E-state index is 0.128. The summed E-state index contributed by atoms with van der Waals surface area (Å²) in [7, 11) is 0. The zero-order valence-electron chi connectivity index (χ0n) is 11.8. The fourth-order valence-electron chi connectivity index (χ4n) is 2.58. The smallest absolute Gasteiger partial charge is 0.418 e. The van der Waals surface area contributed by atoms with Gasteiger partial charge in [-0.05, 0) is 18.9 Å². The first-order chi connectivity index (χ1) is 10.7. The standard InChI is InChI=1S/C13H14F3N3O4/c14-13(15,16)10-7-9(19(22)23)1-2-11(10)18-5-3-8(4-6-18)17-12(20)21/h1-2,7-8,17H,3-6H2,(H,20,21). The second-order valence-corrected chi connectivity index (χ2v) is 5.17. The Morgan fingerprint density at radius 3 is 2.43 bits per heavy atom. The fourth-order valence-corrected chi connectivity index (χ4v) is 2.58. The number of carboxylic acid groups (broad SMARTS) is 1. The number of piperidine rings is 1. The zero-order valence-corrected chi connectivity index (χ0v) is 11.8. The number of amides is 1. The largest absolute Gasteiger partial charge is 0.465 e. The van der Waals surface area contributed by atoms with Gasteiger partial charge in [-0.3, -0.25) is 10.1 Å². The first kappa shape index (κ1) is 16.8. The van der Waals surface area contributed by atoms with Crippen LogP contribution in [0.5, 0.6) is 0 Å². The van der Waals surface area contributed by atoms with Gasteiger partial charge in [0.15, 0.2) is 0 Å². The van der Waals surface area contributed by atoms with Gasteiger partial charge in [-0.15, -0.1) is 0 Å². The van der Waals surface area contributed by atoms with E-state index in [0.717, 1.165) is 12.1 Å². The number of nitro benzene ring substituents is 1. The molecule has 1 aromatic carbocycles. The molecule has 0 atom stereocenters. The average molecular weight is 333 g/mol. The quantitative estimate of drug-likeness (QED) is 0.655. The maximum absolute atomic E-state index is 13.2. The lowest BCUT2D eigenvalue weighted by Crippen LogP contribution is -2.44. The van der Waals surface area contributed by atoms with Crippen LogP contribution in [0.15, 0.2) is 18.2 Å². The highest BCUT2D eigenvalue weighted by Gasteiger charge is 2.37. The van der Waals surface area contributed by atoms with Gasteiger partial charge in [0.25, 0.3) is 5.69 Å². The number of carbonyl (C=O) groups is 1. The second-order valence-electron chi connectivity index (χ2n) is 5.17. The van der Waals surface area contributed by atoms with Crippen molar-refractivity contribution in [3.05, 3.63) is 33.9 Å². The van der Waals surface area contributed by atoms with Crippen LogP contribution in [0.1, 0.15) is 18.4 Å². The molecule has 10 heteroatoms. The van der Waals surface area contributed by atoms with Crippen LogP contribution in [0.25, 0.3) is 0 Å². The molecule has 126 valence electrons. The molecule has 1 aliphatic heterocycles. The SMILES string of the molecule is O=C(O)NC1CCN(c2ccc([N+](=O)[O-])cc2C(F)(F)F)CC1. The molecule has 23 heavy (non-hydrogen) atoms. The molecule has 0 saturated carbocycles. The van der Waals surface area contributed by atoms with Crippen LogP contribution < -0.4 is 10.2 Å². The molecule has 0 bridgehead atoms. The first-order valence-electron chi connectivity index (χ1n) is 6.78. The number of rotatable bonds is 3. The summed E-state index contributed by atoms with van der Waals surface area (Å²) in [6.07, 6.45) is -5.16. The lowest BCUT2D eigenvalue weighted by atomic mass is 10.0. The van der Waals surface area contributed by atoms with Gasteiger partial charge >= 0.3 is 12.3 Å². The molecule has 0 aliphatic carbocycles. The van der Waals surface area contributed by atoms with Crippen LogP contribution in [0, 0.1) is 10.1 Å². The first-order valence-corrected chi connectivity index (χ1v) is 6.78. The summed E-state index contributed by atoms with van der Waals surface area (Å²) < 4.78 is 39.5. The molecule has 1 aromatic rings. The van der Waals surface area contributed by atoms with Crippen LogP contribution >= 0.6 is 0 Å². The number of nitrogens with one attached hydrogen (secondary N) is 1. The Morgan fingerprint density at radius 1 is 1.35 bits per heavy atom. The van der Waals surface area contributed by atoms with Crippen molar-refractivity contribution < 1.29 is 28.0 Å². The molecule has 1 fully saturated rings. The van der Waals surface area contributed by atoms with E-state index in [1.807, 2.05) is 0 Å². The number of hydrogen-bond donors (Lipinski definition) is 2. The molecule has 0 aromatic heterocycles. The normalized spacial score (nSPS) is 16.2. The van der Waals surface area contributed by atoms with Crippen LogP contribution in [-0.4, -0.2) is 35.3 Å². The molecule has 1 saturated heterocycles. The minimum atomic E-state index is -4.71. The third-order valence-corrected chi connectivity index (χ3v) is 3.66. The monoisotopic (exact) mass is 333 g/mol. The summed E-state index contributed by atoms with van der Waals surface area (Å²) >= 11 is 0. The van der Waals surface area contributed by atoms with Gasteiger partial charge in [-0.1, -0.05) is 0 Å². The third kappa shape index (κ3) is 4.02. The van der Waals surface area contributed by atoms with E-state index in [1.165, 1.54) is 4.90 Å². The van der Waals surface area contributed by atoms with Gasteiger partial charge in [0.05, 0.1) is 10.5 Å². The Hall–Kier alpha value is -2.52. The fraction of sp³-hybridized carbons (Fsp3) is 0.462. The Balaban J connectivity index is 2.23. The maximum atomic E-state index is 13.2. The lowest BCUT2D eigenvalue weighted by molar-refractivity contribution is -0.385. The molecule has 0 unspecified atom stereocenters. The zero-order chi connectivity index (χ0) is 17.2. The van der Waals surface area contributed by atoms with E-state index >= 15 is 0 Å². The molecule has 0 spiro atoms. The Bertz CT molecular complexity index is 613. The van der Waals surface area contributed by atoms with Gasteiger partial charge in [0, 0.05) is 37.0 Å². The number of nitro groups is 1. The highest BCUT2D eigenvalue weighted by atomic mass is 19.4. The maximum Gasteiger partial charge on any atom is 0.418 e. The molecular weight excluding hydrogens is 319 g/mol. The van der Waals surface area contributed by atoms with Crippen molar-refractivity contribution in [2.45, 2.75) is 25.1 Å². The van der Waals surface area contributed by atoms with Gasteiger partial charge in [-0.25, -0.2) is 4.79 Å². The Labute approximate surface area is 128 Å². The number of non-ortho nitro benzene ring substituents is 1. The van der Waals surface area contributed by atoms with Crippen LogP contribution in [0.4, 0.5) is 29.3 Å². The topological polar surface area (TPSA) is 95.7 Å². The predicted molar refractivity (Wildman–Crippen MR) is 74.5 cm³/mol. The average Bonchev–Trinajstić information content (AvgIpc) is 2.46. The van der Waals surface area contributed by atoms with Crippen molar-refractivity contribution in [1.29, 1.82) is 0 Å². The van der Waals surface area contributed by atoms with Crippen molar-refractivity contribution in [2.75, 3.05) is 18.0 Å². The van der Waals surface area contributed by atoms with Gasteiger partial charge in [0.1, 0.15) is 0 Å². The summed E-state index contributed by atoms with van der Waals surface area (Å²) in [5.74, 6) is 0. The van der Waals surface area contributed by atoms with E-state index in [0.29, 0.717) is 18.9 Å². The van der Waals surface area contributed by atoms with Gasteiger partial charge in [-0.2, -0.15) is 13.2 Å². The Morgan fingerprint density at radius 2 is 1.96 bits per heavy atom. The third-order valence-electron chi connectivity index (χ3n) is 3.66. The van der Waals surface area contributed by atoms with Gasteiger partial charge < -0.3 is 15.3 Å². The number of halogens is 3. The molecule has 2 N–H and O–H groups in total. The highest BCUT2D eigenvalue weighted by molar-refractivity contribution is 5.65. The van der Waals surface area contributed by atoms with E-state index in [-0.39, 0.29) is 24.8 Å². The van der Waals surface area contributed by atoms with Crippen molar-refractivity contribution in [2.24, 2.45) is 0 Å². The molecule has 1 aliphatic rings. The molecule has 2 rings (SSSR count). The van der Waals surface area contributed by atoms with E-state index < -0.39 is 28.4 Å².